The van der Waals surface area contributed by atoms with E-state index in [9.17, 15) is 9.18 Å². The molecule has 1 amide bonds. The minimum Gasteiger partial charge on any atom is -0.459 e. The number of carbonyl (C=O) groups excluding carboxylic acids is 1. The van der Waals surface area contributed by atoms with E-state index in [2.05, 4.69) is 15.6 Å². The topological polar surface area (TPSA) is 70.4 Å². The van der Waals surface area contributed by atoms with E-state index in [-0.39, 0.29) is 23.8 Å². The summed E-state index contributed by atoms with van der Waals surface area (Å²) in [6.45, 7) is 3.77. The smallest absolute Gasteiger partial charge is 0.224 e. The number of thiocarbonyl (C=S) groups is 1. The number of anilines is 2. The summed E-state index contributed by atoms with van der Waals surface area (Å²) in [6.07, 6.45) is 2.16. The van der Waals surface area contributed by atoms with Crippen molar-refractivity contribution in [1.82, 2.24) is 10.3 Å². The zero-order chi connectivity index (χ0) is 25.2. The number of benzene rings is 2. The van der Waals surface area contributed by atoms with Gasteiger partial charge in [0.25, 0.3) is 0 Å². The lowest BCUT2D eigenvalue weighted by Crippen LogP contribution is -2.29. The quantitative estimate of drug-likeness (QED) is 0.302. The summed E-state index contributed by atoms with van der Waals surface area (Å²) < 4.78 is 19.8. The van der Waals surface area contributed by atoms with Gasteiger partial charge in [-0.3, -0.25) is 9.78 Å². The maximum absolute atomic E-state index is 13.4. The molecule has 1 aliphatic rings. The molecule has 6 nitrogen and oxygen atoms in total. The SMILES string of the molecule is CCC(=O)Nc1ccc(N2C(=S)NC(c3ccccn3)C2c2ccc(-c3ccc(F)cc3)o2)cc1C. The minimum absolute atomic E-state index is 0.0405. The molecule has 0 bridgehead atoms. The van der Waals surface area contributed by atoms with Gasteiger partial charge in [0.2, 0.25) is 5.91 Å². The van der Waals surface area contributed by atoms with Gasteiger partial charge in [0.05, 0.1) is 11.7 Å². The molecule has 4 aromatic rings. The van der Waals surface area contributed by atoms with Gasteiger partial charge in [0, 0.05) is 29.6 Å². The first kappa shape index (κ1) is 23.7. The standard InChI is InChI=1S/C28H25FN4O2S/c1-3-25(34)31-21-12-11-20(16-17(21)2)33-27(26(32-28(33)36)22-6-4-5-15-30-22)24-14-13-23(35-24)18-7-9-19(29)10-8-18/h4-16,26-27H,3H2,1-2H3,(H,31,34)(H,32,36). The van der Waals surface area contributed by atoms with Crippen molar-refractivity contribution < 1.29 is 13.6 Å². The Morgan fingerprint density at radius 3 is 2.64 bits per heavy atom. The number of hydrogen-bond acceptors (Lipinski definition) is 4. The number of nitrogens with zero attached hydrogens (tertiary/aromatic N) is 2. The predicted molar refractivity (Wildman–Crippen MR) is 142 cm³/mol. The van der Waals surface area contributed by atoms with Crippen LogP contribution in [-0.4, -0.2) is 16.0 Å². The van der Waals surface area contributed by atoms with Gasteiger partial charge in [-0.1, -0.05) is 13.0 Å². The Morgan fingerprint density at radius 1 is 1.14 bits per heavy atom. The van der Waals surface area contributed by atoms with Crippen molar-refractivity contribution in [2.24, 2.45) is 0 Å². The van der Waals surface area contributed by atoms with Crippen LogP contribution in [-0.2, 0) is 4.79 Å². The van der Waals surface area contributed by atoms with Gasteiger partial charge < -0.3 is 20.0 Å². The van der Waals surface area contributed by atoms with E-state index in [0.717, 1.165) is 28.2 Å². The Hall–Kier alpha value is -4.04. The number of nitrogens with one attached hydrogen (secondary N) is 2. The highest BCUT2D eigenvalue weighted by Gasteiger charge is 2.42. The number of pyridine rings is 1. The zero-order valence-corrected chi connectivity index (χ0v) is 20.7. The fourth-order valence-electron chi connectivity index (χ4n) is 4.38. The summed E-state index contributed by atoms with van der Waals surface area (Å²) in [6, 6.07) is 21.0. The van der Waals surface area contributed by atoms with Gasteiger partial charge in [-0.05, 0) is 91.4 Å². The molecule has 2 aromatic heterocycles. The van der Waals surface area contributed by atoms with E-state index in [4.69, 9.17) is 16.6 Å². The third kappa shape index (κ3) is 4.59. The number of hydrogen-bond donors (Lipinski definition) is 2. The van der Waals surface area contributed by atoms with Crippen molar-refractivity contribution in [1.29, 1.82) is 0 Å². The molecule has 2 N–H and O–H groups in total. The third-order valence-corrected chi connectivity index (χ3v) is 6.54. The van der Waals surface area contributed by atoms with Crippen LogP contribution in [0.3, 0.4) is 0 Å². The Balaban J connectivity index is 1.55. The lowest BCUT2D eigenvalue weighted by atomic mass is 10.0. The molecule has 1 saturated heterocycles. The van der Waals surface area contributed by atoms with Gasteiger partial charge in [0.15, 0.2) is 5.11 Å². The van der Waals surface area contributed by atoms with Crippen LogP contribution in [0.25, 0.3) is 11.3 Å². The number of furan rings is 1. The normalized spacial score (nSPS) is 17.2. The molecule has 36 heavy (non-hydrogen) atoms. The molecule has 2 atom stereocenters. The van der Waals surface area contributed by atoms with Crippen molar-refractivity contribution in [3.05, 3.63) is 102 Å². The highest BCUT2D eigenvalue weighted by molar-refractivity contribution is 7.80. The molecule has 0 saturated carbocycles. The highest BCUT2D eigenvalue weighted by atomic mass is 32.1. The summed E-state index contributed by atoms with van der Waals surface area (Å²) >= 11 is 5.79. The molecule has 0 aliphatic carbocycles. The first-order valence-corrected chi connectivity index (χ1v) is 12.1. The van der Waals surface area contributed by atoms with Crippen LogP contribution in [0.1, 0.15) is 42.4 Å². The second-order valence-electron chi connectivity index (χ2n) is 8.61. The first-order valence-electron chi connectivity index (χ1n) is 11.7. The van der Waals surface area contributed by atoms with Crippen molar-refractivity contribution >= 4 is 34.6 Å². The van der Waals surface area contributed by atoms with Crippen LogP contribution in [0, 0.1) is 12.7 Å². The van der Waals surface area contributed by atoms with Gasteiger partial charge >= 0.3 is 0 Å². The summed E-state index contributed by atoms with van der Waals surface area (Å²) in [4.78, 5) is 18.5. The van der Waals surface area contributed by atoms with Crippen LogP contribution < -0.4 is 15.5 Å². The van der Waals surface area contributed by atoms with Crippen molar-refractivity contribution in [2.45, 2.75) is 32.4 Å². The van der Waals surface area contributed by atoms with Crippen LogP contribution in [0.5, 0.6) is 0 Å². The van der Waals surface area contributed by atoms with Crippen LogP contribution in [0.15, 0.2) is 83.4 Å². The van der Waals surface area contributed by atoms with E-state index in [1.54, 1.807) is 18.3 Å². The van der Waals surface area contributed by atoms with E-state index < -0.39 is 0 Å². The number of rotatable bonds is 6. The summed E-state index contributed by atoms with van der Waals surface area (Å²) in [5, 5.41) is 6.89. The van der Waals surface area contributed by atoms with Gasteiger partial charge in [-0.25, -0.2) is 4.39 Å². The van der Waals surface area contributed by atoms with Crippen LogP contribution >= 0.6 is 12.2 Å². The number of carbonyl (C=O) groups is 1. The average molecular weight is 501 g/mol. The summed E-state index contributed by atoms with van der Waals surface area (Å²) in [5.74, 6) is 0.988. The maximum atomic E-state index is 13.4. The molecule has 0 radical (unpaired) electrons. The predicted octanol–water partition coefficient (Wildman–Crippen LogP) is 6.31. The minimum atomic E-state index is -0.322. The molecular weight excluding hydrogens is 475 g/mol. The molecule has 2 aromatic carbocycles. The largest absolute Gasteiger partial charge is 0.459 e. The fraction of sp³-hybridized carbons (Fsp3) is 0.179. The molecule has 2 unspecified atom stereocenters. The Bertz CT molecular complexity index is 1400. The van der Waals surface area contributed by atoms with Crippen LogP contribution in [0.4, 0.5) is 15.8 Å². The number of aryl methyl sites for hydroxylation is 1. The maximum Gasteiger partial charge on any atom is 0.224 e. The lowest BCUT2D eigenvalue weighted by Gasteiger charge is -2.26. The Kier molecular flexibility index (Phi) is 6.52. The number of aromatic nitrogens is 1. The second-order valence-corrected chi connectivity index (χ2v) is 8.99. The van der Waals surface area contributed by atoms with Crippen molar-refractivity contribution in [2.75, 3.05) is 10.2 Å². The molecule has 3 heterocycles. The molecular formula is C28H25FN4O2S. The molecule has 1 fully saturated rings. The van der Waals surface area contributed by atoms with E-state index in [0.29, 0.717) is 23.1 Å². The zero-order valence-electron chi connectivity index (χ0n) is 19.9. The Morgan fingerprint density at radius 2 is 1.94 bits per heavy atom. The highest BCUT2D eigenvalue weighted by Crippen LogP contribution is 2.43. The monoisotopic (exact) mass is 500 g/mol. The van der Waals surface area contributed by atoms with E-state index >= 15 is 0 Å². The van der Waals surface area contributed by atoms with E-state index in [1.165, 1.54) is 12.1 Å². The van der Waals surface area contributed by atoms with Crippen molar-refractivity contribution in [3.63, 3.8) is 0 Å². The van der Waals surface area contributed by atoms with Gasteiger partial charge in [0.1, 0.15) is 23.4 Å². The van der Waals surface area contributed by atoms with Crippen LogP contribution in [0.2, 0.25) is 0 Å². The molecule has 0 spiro atoms. The fourth-order valence-corrected chi connectivity index (χ4v) is 4.73. The van der Waals surface area contributed by atoms with Crippen molar-refractivity contribution in [3.8, 4) is 11.3 Å². The molecule has 182 valence electrons. The van der Waals surface area contributed by atoms with Gasteiger partial charge in [-0.15, -0.1) is 0 Å². The number of amides is 1. The summed E-state index contributed by atoms with van der Waals surface area (Å²) in [5.41, 5.74) is 4.16. The molecule has 8 heteroatoms. The Labute approximate surface area is 214 Å². The summed E-state index contributed by atoms with van der Waals surface area (Å²) in [7, 11) is 0. The molecule has 1 aliphatic heterocycles. The lowest BCUT2D eigenvalue weighted by molar-refractivity contribution is -0.115. The third-order valence-electron chi connectivity index (χ3n) is 6.23. The van der Waals surface area contributed by atoms with E-state index in [1.807, 2.05) is 67.3 Å². The second kappa shape index (κ2) is 9.91. The number of halogens is 1. The average Bonchev–Trinajstić information content (AvgIpc) is 3.51. The van der Waals surface area contributed by atoms with Gasteiger partial charge in [-0.2, -0.15) is 0 Å². The first-order chi connectivity index (χ1) is 17.4. The molecule has 5 rings (SSSR count).